The predicted molar refractivity (Wildman–Crippen MR) is 119 cm³/mol. The average molecular weight is 401 g/mol. The van der Waals surface area contributed by atoms with E-state index in [2.05, 4.69) is 81.2 Å². The van der Waals surface area contributed by atoms with Gasteiger partial charge in [0.1, 0.15) is 6.29 Å². The van der Waals surface area contributed by atoms with Gasteiger partial charge >= 0.3 is 0 Å². The molecular weight excluding hydrogens is 356 g/mol. The Kier molecular flexibility index (Phi) is 8.76. The fourth-order valence-corrected chi connectivity index (χ4v) is 5.19. The molecule has 0 saturated heterocycles. The van der Waals surface area contributed by atoms with Gasteiger partial charge in [-0.25, -0.2) is 0 Å². The second-order valence-electron chi connectivity index (χ2n) is 10.8. The van der Waals surface area contributed by atoms with Crippen molar-refractivity contribution in [2.24, 2.45) is 5.92 Å². The van der Waals surface area contributed by atoms with E-state index in [-0.39, 0.29) is 28.2 Å². The fourth-order valence-electron chi connectivity index (χ4n) is 2.37. The first-order valence-corrected chi connectivity index (χ1v) is 15.6. The summed E-state index contributed by atoms with van der Waals surface area (Å²) in [6, 6.07) is 0. The molecule has 0 aliphatic rings. The van der Waals surface area contributed by atoms with Gasteiger partial charge in [-0.3, -0.25) is 0 Å². The summed E-state index contributed by atoms with van der Waals surface area (Å²) in [5, 5.41) is 0.230. The minimum atomic E-state index is -1.98. The lowest BCUT2D eigenvalue weighted by molar-refractivity contribution is -0.110. The molecule has 0 unspecified atom stereocenters. The molecule has 0 aliphatic carbocycles. The van der Waals surface area contributed by atoms with Crippen molar-refractivity contribution >= 4 is 22.9 Å². The Bertz CT molecular complexity index is 484. The molecule has 0 aromatic rings. The first-order valence-electron chi connectivity index (χ1n) is 9.82. The Morgan fingerprint density at radius 3 is 1.65 bits per heavy atom. The molecule has 26 heavy (non-hydrogen) atoms. The van der Waals surface area contributed by atoms with Gasteiger partial charge in [0.15, 0.2) is 16.6 Å². The molecule has 0 amide bonds. The number of hydrogen-bond acceptors (Lipinski definition) is 3. The molecule has 0 aliphatic heterocycles. The summed E-state index contributed by atoms with van der Waals surface area (Å²) in [6.45, 7) is 30.8. The maximum atomic E-state index is 11.4. The van der Waals surface area contributed by atoms with Crippen LogP contribution in [0.4, 0.5) is 0 Å². The van der Waals surface area contributed by atoms with E-state index in [0.29, 0.717) is 6.42 Å². The summed E-state index contributed by atoms with van der Waals surface area (Å²) in [5.41, 5.74) is 1.01. The molecule has 0 radical (unpaired) electrons. The molecular formula is C21H44O3Si2. The Labute approximate surface area is 165 Å². The molecule has 0 aromatic carbocycles. The van der Waals surface area contributed by atoms with Crippen LogP contribution in [0.3, 0.4) is 0 Å². The normalized spacial score (nSPS) is 17.5. The molecule has 5 heteroatoms. The van der Waals surface area contributed by atoms with Crippen LogP contribution in [0.25, 0.3) is 0 Å². The summed E-state index contributed by atoms with van der Waals surface area (Å²) in [5.74, 6) is 0.0842. The highest BCUT2D eigenvalue weighted by molar-refractivity contribution is 6.74. The van der Waals surface area contributed by atoms with Crippen molar-refractivity contribution in [2.75, 3.05) is 0 Å². The smallest absolute Gasteiger partial charge is 0.192 e. The highest BCUT2D eigenvalue weighted by atomic mass is 28.4. The Morgan fingerprint density at radius 1 is 0.962 bits per heavy atom. The molecule has 0 saturated carbocycles. The number of aldehydes is 1. The van der Waals surface area contributed by atoms with Crippen LogP contribution in [0, 0.1) is 5.92 Å². The van der Waals surface area contributed by atoms with Crippen molar-refractivity contribution in [3.05, 3.63) is 12.2 Å². The molecule has 0 aromatic heterocycles. The number of hydrogen-bond donors (Lipinski definition) is 0. The molecule has 0 fully saturated rings. The summed E-state index contributed by atoms with van der Waals surface area (Å²) in [4.78, 5) is 11.4. The van der Waals surface area contributed by atoms with Crippen LogP contribution in [0.2, 0.25) is 36.3 Å². The van der Waals surface area contributed by atoms with E-state index in [0.717, 1.165) is 11.9 Å². The lowest BCUT2D eigenvalue weighted by Crippen LogP contribution is -2.50. The van der Waals surface area contributed by atoms with Crippen LogP contribution < -0.4 is 0 Å². The Balaban J connectivity index is 5.66. The zero-order valence-electron chi connectivity index (χ0n) is 19.4. The van der Waals surface area contributed by atoms with Crippen LogP contribution in [0.15, 0.2) is 12.2 Å². The maximum Gasteiger partial charge on any atom is 0.192 e. The van der Waals surface area contributed by atoms with E-state index >= 15 is 0 Å². The third kappa shape index (κ3) is 6.73. The van der Waals surface area contributed by atoms with Crippen molar-refractivity contribution in [3.8, 4) is 0 Å². The number of carbonyl (C=O) groups is 1. The first kappa shape index (κ1) is 25.8. The third-order valence-electron chi connectivity index (χ3n) is 6.36. The summed E-state index contributed by atoms with van der Waals surface area (Å²) >= 11 is 0. The zero-order valence-corrected chi connectivity index (χ0v) is 21.4. The zero-order chi connectivity index (χ0) is 21.1. The highest BCUT2D eigenvalue weighted by Crippen LogP contribution is 2.41. The van der Waals surface area contributed by atoms with Gasteiger partial charge in [-0.1, -0.05) is 60.6 Å². The van der Waals surface area contributed by atoms with Gasteiger partial charge in [0.2, 0.25) is 0 Å². The summed E-state index contributed by atoms with van der Waals surface area (Å²) < 4.78 is 13.3. The van der Waals surface area contributed by atoms with Gasteiger partial charge in [0.05, 0.1) is 12.2 Å². The molecule has 0 spiro atoms. The van der Waals surface area contributed by atoms with Gasteiger partial charge in [-0.15, -0.1) is 0 Å². The molecule has 3 atom stereocenters. The van der Waals surface area contributed by atoms with Gasteiger partial charge < -0.3 is 13.6 Å². The largest absolute Gasteiger partial charge is 0.413 e. The summed E-state index contributed by atoms with van der Waals surface area (Å²) in [7, 11) is -3.93. The summed E-state index contributed by atoms with van der Waals surface area (Å²) in [6.07, 6.45) is 1.15. The molecule has 0 rings (SSSR count). The minimum Gasteiger partial charge on any atom is -0.413 e. The standard InChI is InChI=1S/C21H44O3Si2/c1-16(2)19(24-26(12,13)21(7,8)9)17(3)18(14-15-22)23-25(10,11)20(4,5)6/h15,17-19H,1,14H2,2-13H3/t17-,18-,19-/m0/s1. The van der Waals surface area contributed by atoms with Crippen molar-refractivity contribution in [3.63, 3.8) is 0 Å². The monoisotopic (exact) mass is 400 g/mol. The van der Waals surface area contributed by atoms with Crippen LogP contribution in [0.5, 0.6) is 0 Å². The van der Waals surface area contributed by atoms with Gasteiger partial charge in [0, 0.05) is 12.3 Å². The van der Waals surface area contributed by atoms with Crippen molar-refractivity contribution in [2.45, 2.75) is 110 Å². The van der Waals surface area contributed by atoms with Gasteiger partial charge in [-0.2, -0.15) is 0 Å². The second-order valence-corrected chi connectivity index (χ2v) is 20.3. The molecule has 0 heterocycles. The van der Waals surface area contributed by atoms with E-state index in [1.807, 2.05) is 6.92 Å². The quantitative estimate of drug-likeness (QED) is 0.249. The fraction of sp³-hybridized carbons (Fsp3) is 0.857. The van der Waals surface area contributed by atoms with E-state index in [4.69, 9.17) is 8.85 Å². The van der Waals surface area contributed by atoms with Crippen LogP contribution in [0.1, 0.15) is 61.8 Å². The van der Waals surface area contributed by atoms with Crippen LogP contribution in [-0.2, 0) is 13.6 Å². The third-order valence-corrected chi connectivity index (χ3v) is 15.3. The SMILES string of the molecule is C=C(C)[C@H](O[Si](C)(C)C(C)(C)C)[C@@H](C)[C@H](CC=O)O[Si](C)(C)C(C)(C)C. The highest BCUT2D eigenvalue weighted by Gasteiger charge is 2.44. The maximum absolute atomic E-state index is 11.4. The van der Waals surface area contributed by atoms with E-state index < -0.39 is 16.6 Å². The predicted octanol–water partition coefficient (Wildman–Crippen LogP) is 6.57. The molecule has 3 nitrogen and oxygen atoms in total. The van der Waals surface area contributed by atoms with Crippen molar-refractivity contribution < 1.29 is 13.6 Å². The average Bonchev–Trinajstić information content (AvgIpc) is 2.40. The molecule has 154 valence electrons. The van der Waals surface area contributed by atoms with E-state index in [1.54, 1.807) is 0 Å². The molecule has 0 bridgehead atoms. The number of rotatable bonds is 9. The van der Waals surface area contributed by atoms with Crippen LogP contribution in [-0.4, -0.2) is 35.1 Å². The van der Waals surface area contributed by atoms with Gasteiger partial charge in [0.25, 0.3) is 0 Å². The Hall–Kier alpha value is -0.236. The molecule has 0 N–H and O–H groups in total. The lowest BCUT2D eigenvalue weighted by atomic mass is 9.92. The lowest BCUT2D eigenvalue weighted by Gasteiger charge is -2.45. The van der Waals surface area contributed by atoms with Gasteiger partial charge in [-0.05, 0) is 43.2 Å². The first-order chi connectivity index (χ1) is 11.4. The van der Waals surface area contributed by atoms with E-state index in [1.165, 1.54) is 0 Å². The van der Waals surface area contributed by atoms with Crippen LogP contribution >= 0.6 is 0 Å². The topological polar surface area (TPSA) is 35.5 Å². The van der Waals surface area contributed by atoms with Crippen molar-refractivity contribution in [1.29, 1.82) is 0 Å². The van der Waals surface area contributed by atoms with Crippen molar-refractivity contribution in [1.82, 2.24) is 0 Å². The number of carbonyl (C=O) groups excluding carboxylic acids is 1. The minimum absolute atomic E-state index is 0.0842. The second kappa shape index (κ2) is 8.84. The van der Waals surface area contributed by atoms with E-state index in [9.17, 15) is 4.79 Å². The Morgan fingerprint density at radius 2 is 1.35 bits per heavy atom.